The van der Waals surface area contributed by atoms with E-state index in [1.807, 2.05) is 13.1 Å². The summed E-state index contributed by atoms with van der Waals surface area (Å²) in [5.41, 5.74) is 1.16. The third-order valence-electron chi connectivity index (χ3n) is 4.13. The van der Waals surface area contributed by atoms with Crippen molar-refractivity contribution in [3.8, 4) is 0 Å². The number of rotatable bonds is 9. The minimum absolute atomic E-state index is 0.728. The summed E-state index contributed by atoms with van der Waals surface area (Å²) in [5.74, 6) is 1.92. The van der Waals surface area contributed by atoms with Crippen molar-refractivity contribution in [2.45, 2.75) is 39.2 Å². The van der Waals surface area contributed by atoms with Gasteiger partial charge >= 0.3 is 0 Å². The molecule has 1 fully saturated rings. The zero-order valence-corrected chi connectivity index (χ0v) is 15.1. The summed E-state index contributed by atoms with van der Waals surface area (Å²) >= 11 is 0. The molecular formula is C18H31N5O. The number of aromatic nitrogens is 1. The SMILES string of the molecule is CCOCCCCNC(=NC)NCc1ccc(N2CCCC2)nc1. The van der Waals surface area contributed by atoms with Crippen LogP contribution in [0.1, 0.15) is 38.2 Å². The third kappa shape index (κ3) is 6.35. The Kier molecular flexibility index (Phi) is 8.38. The molecule has 0 radical (unpaired) electrons. The molecule has 2 heterocycles. The van der Waals surface area contributed by atoms with Gasteiger partial charge in [-0.3, -0.25) is 4.99 Å². The van der Waals surface area contributed by atoms with Crippen molar-refractivity contribution >= 4 is 11.8 Å². The normalized spacial score (nSPS) is 14.9. The molecule has 1 saturated heterocycles. The van der Waals surface area contributed by atoms with Crippen LogP contribution in [0.5, 0.6) is 0 Å². The van der Waals surface area contributed by atoms with E-state index in [2.05, 4.69) is 37.6 Å². The van der Waals surface area contributed by atoms with E-state index in [1.54, 1.807) is 7.05 Å². The first-order valence-electron chi connectivity index (χ1n) is 9.05. The quantitative estimate of drug-likeness (QED) is 0.412. The number of anilines is 1. The Bertz CT molecular complexity index is 483. The van der Waals surface area contributed by atoms with Crippen LogP contribution in [0.15, 0.2) is 23.3 Å². The fourth-order valence-electron chi connectivity index (χ4n) is 2.74. The average Bonchev–Trinajstić information content (AvgIpc) is 3.15. The third-order valence-corrected chi connectivity index (χ3v) is 4.13. The molecule has 2 N–H and O–H groups in total. The van der Waals surface area contributed by atoms with Gasteiger partial charge in [0.25, 0.3) is 0 Å². The number of hydrogen-bond donors (Lipinski definition) is 2. The van der Waals surface area contributed by atoms with Gasteiger partial charge in [-0.25, -0.2) is 4.98 Å². The predicted molar refractivity (Wildman–Crippen MR) is 99.6 cm³/mol. The first kappa shape index (κ1) is 18.5. The molecule has 134 valence electrons. The molecule has 2 rings (SSSR count). The number of aliphatic imine (C=N–C) groups is 1. The Morgan fingerprint density at radius 2 is 2.08 bits per heavy atom. The summed E-state index contributed by atoms with van der Waals surface area (Å²) in [6.45, 7) is 7.54. The van der Waals surface area contributed by atoms with Crippen LogP contribution in [0, 0.1) is 0 Å². The minimum atomic E-state index is 0.728. The molecule has 0 spiro atoms. The first-order chi connectivity index (χ1) is 11.8. The van der Waals surface area contributed by atoms with Gasteiger partial charge < -0.3 is 20.3 Å². The topological polar surface area (TPSA) is 61.8 Å². The predicted octanol–water partition coefficient (Wildman–Crippen LogP) is 2.16. The zero-order valence-electron chi connectivity index (χ0n) is 15.1. The van der Waals surface area contributed by atoms with Crippen molar-refractivity contribution in [1.29, 1.82) is 0 Å². The molecule has 0 saturated carbocycles. The van der Waals surface area contributed by atoms with E-state index >= 15 is 0 Å². The molecule has 0 atom stereocenters. The molecule has 1 aromatic heterocycles. The molecule has 1 aromatic rings. The van der Waals surface area contributed by atoms with Crippen molar-refractivity contribution in [1.82, 2.24) is 15.6 Å². The summed E-state index contributed by atoms with van der Waals surface area (Å²) in [7, 11) is 1.80. The molecule has 1 aliphatic heterocycles. The lowest BCUT2D eigenvalue weighted by molar-refractivity contribution is 0.143. The summed E-state index contributed by atoms with van der Waals surface area (Å²) in [4.78, 5) is 11.2. The van der Waals surface area contributed by atoms with Crippen molar-refractivity contribution in [3.63, 3.8) is 0 Å². The molecule has 0 aromatic carbocycles. The maximum Gasteiger partial charge on any atom is 0.191 e. The molecule has 24 heavy (non-hydrogen) atoms. The maximum atomic E-state index is 5.33. The van der Waals surface area contributed by atoms with E-state index in [1.165, 1.54) is 12.8 Å². The first-order valence-corrected chi connectivity index (χ1v) is 9.05. The fourth-order valence-corrected chi connectivity index (χ4v) is 2.74. The largest absolute Gasteiger partial charge is 0.382 e. The Labute approximate surface area is 145 Å². The fraction of sp³-hybridized carbons (Fsp3) is 0.667. The zero-order chi connectivity index (χ0) is 17.0. The number of hydrogen-bond acceptors (Lipinski definition) is 4. The number of unbranched alkanes of at least 4 members (excludes halogenated alkanes) is 1. The summed E-state index contributed by atoms with van der Waals surface area (Å²) in [6, 6.07) is 4.26. The van der Waals surface area contributed by atoms with Crippen molar-refractivity contribution in [2.24, 2.45) is 4.99 Å². The average molecular weight is 333 g/mol. The van der Waals surface area contributed by atoms with Gasteiger partial charge in [0.1, 0.15) is 5.82 Å². The number of ether oxygens (including phenoxy) is 1. The highest BCUT2D eigenvalue weighted by Gasteiger charge is 2.12. The number of guanidine groups is 1. The maximum absolute atomic E-state index is 5.33. The standard InChI is InChI=1S/C18H31N5O/c1-3-24-13-7-4-10-20-18(19-2)22-15-16-8-9-17(21-14-16)23-11-5-6-12-23/h8-9,14H,3-7,10-13,15H2,1-2H3,(H2,19,20,22). The van der Waals surface area contributed by atoms with E-state index in [9.17, 15) is 0 Å². The summed E-state index contributed by atoms with van der Waals surface area (Å²) < 4.78 is 5.33. The minimum Gasteiger partial charge on any atom is -0.382 e. The van der Waals surface area contributed by atoms with E-state index < -0.39 is 0 Å². The highest BCUT2D eigenvalue weighted by molar-refractivity contribution is 5.79. The molecule has 0 aliphatic carbocycles. The molecule has 0 amide bonds. The van der Waals surface area contributed by atoms with Crippen molar-refractivity contribution in [2.75, 3.05) is 44.8 Å². The molecule has 0 bridgehead atoms. The van der Waals surface area contributed by atoms with E-state index in [0.717, 1.165) is 69.6 Å². The van der Waals surface area contributed by atoms with E-state index in [-0.39, 0.29) is 0 Å². The number of nitrogens with one attached hydrogen (secondary N) is 2. The lowest BCUT2D eigenvalue weighted by Gasteiger charge is -2.16. The monoisotopic (exact) mass is 333 g/mol. The summed E-state index contributed by atoms with van der Waals surface area (Å²) in [6.07, 6.45) is 6.65. The van der Waals surface area contributed by atoms with Crippen LogP contribution in [0.2, 0.25) is 0 Å². The van der Waals surface area contributed by atoms with Gasteiger partial charge in [-0.2, -0.15) is 0 Å². The summed E-state index contributed by atoms with van der Waals surface area (Å²) in [5, 5.41) is 6.66. The van der Waals surface area contributed by atoms with Crippen LogP contribution in [-0.2, 0) is 11.3 Å². The Morgan fingerprint density at radius 1 is 1.25 bits per heavy atom. The van der Waals surface area contributed by atoms with Crippen LogP contribution in [0.3, 0.4) is 0 Å². The molecule has 0 unspecified atom stereocenters. The second-order valence-corrected chi connectivity index (χ2v) is 5.98. The second kappa shape index (κ2) is 10.9. The number of pyridine rings is 1. The van der Waals surface area contributed by atoms with Crippen molar-refractivity contribution in [3.05, 3.63) is 23.9 Å². The molecule has 6 heteroatoms. The second-order valence-electron chi connectivity index (χ2n) is 5.98. The Balaban J connectivity index is 1.67. The van der Waals surface area contributed by atoms with Crippen LogP contribution >= 0.6 is 0 Å². The van der Waals surface area contributed by atoms with Gasteiger partial charge in [-0.1, -0.05) is 6.07 Å². The van der Waals surface area contributed by atoms with Gasteiger partial charge in [-0.15, -0.1) is 0 Å². The molecular weight excluding hydrogens is 302 g/mol. The van der Waals surface area contributed by atoms with Gasteiger partial charge in [0, 0.05) is 52.6 Å². The van der Waals surface area contributed by atoms with Crippen molar-refractivity contribution < 1.29 is 4.74 Å². The van der Waals surface area contributed by atoms with E-state index in [4.69, 9.17) is 4.74 Å². The molecule has 1 aliphatic rings. The van der Waals surface area contributed by atoms with Crippen LogP contribution in [-0.4, -0.2) is 50.8 Å². The van der Waals surface area contributed by atoms with E-state index in [0.29, 0.717) is 0 Å². The van der Waals surface area contributed by atoms with Gasteiger partial charge in [0.2, 0.25) is 0 Å². The highest BCUT2D eigenvalue weighted by atomic mass is 16.5. The van der Waals surface area contributed by atoms with Gasteiger partial charge in [-0.05, 0) is 44.2 Å². The van der Waals surface area contributed by atoms with Crippen LogP contribution in [0.4, 0.5) is 5.82 Å². The smallest absolute Gasteiger partial charge is 0.191 e. The molecule has 6 nitrogen and oxygen atoms in total. The Hall–Kier alpha value is -1.82. The lowest BCUT2D eigenvalue weighted by atomic mass is 10.3. The lowest BCUT2D eigenvalue weighted by Crippen LogP contribution is -2.37. The van der Waals surface area contributed by atoms with Crippen LogP contribution in [0.25, 0.3) is 0 Å². The number of nitrogens with zero attached hydrogens (tertiary/aromatic N) is 3. The Morgan fingerprint density at radius 3 is 2.75 bits per heavy atom. The van der Waals surface area contributed by atoms with Gasteiger partial charge in [0.05, 0.1) is 0 Å². The van der Waals surface area contributed by atoms with Crippen LogP contribution < -0.4 is 15.5 Å². The highest BCUT2D eigenvalue weighted by Crippen LogP contribution is 2.17. The van der Waals surface area contributed by atoms with Gasteiger partial charge in [0.15, 0.2) is 5.96 Å².